The van der Waals surface area contributed by atoms with Crippen molar-refractivity contribution in [3.63, 3.8) is 0 Å². The number of aliphatic carboxylic acids is 1. The summed E-state index contributed by atoms with van der Waals surface area (Å²) in [6, 6.07) is -0.0750. The van der Waals surface area contributed by atoms with E-state index >= 15 is 0 Å². The number of carboxylic acids is 1. The molecule has 1 saturated heterocycles. The first-order valence-electron chi connectivity index (χ1n) is 6.16. The van der Waals surface area contributed by atoms with Crippen molar-refractivity contribution in [1.82, 2.24) is 4.90 Å². The lowest BCUT2D eigenvalue weighted by atomic mass is 9.84. The summed E-state index contributed by atoms with van der Waals surface area (Å²) in [5, 5.41) is 9.25. The molecule has 1 rings (SSSR count). The van der Waals surface area contributed by atoms with Gasteiger partial charge in [-0.05, 0) is 38.1 Å². The van der Waals surface area contributed by atoms with Gasteiger partial charge >= 0.3 is 5.97 Å². The Labute approximate surface area is 97.8 Å². The van der Waals surface area contributed by atoms with E-state index in [1.807, 2.05) is 0 Å². The molecule has 0 amide bonds. The van der Waals surface area contributed by atoms with Crippen LogP contribution >= 0.6 is 0 Å². The van der Waals surface area contributed by atoms with E-state index in [0.717, 1.165) is 6.54 Å². The number of likely N-dealkylation sites (tertiary alicyclic amines) is 1. The molecule has 0 saturated carbocycles. The Balaban J connectivity index is 2.77. The molecule has 1 fully saturated rings. The van der Waals surface area contributed by atoms with Crippen molar-refractivity contribution in [3.8, 4) is 0 Å². The van der Waals surface area contributed by atoms with Crippen molar-refractivity contribution in [2.75, 3.05) is 13.1 Å². The Morgan fingerprint density at radius 1 is 1.50 bits per heavy atom. The molecular formula is C12H24N2O2. The maximum absolute atomic E-state index is 11.3. The molecule has 94 valence electrons. The maximum atomic E-state index is 11.3. The number of hydrogen-bond donors (Lipinski definition) is 2. The highest BCUT2D eigenvalue weighted by molar-refractivity contribution is 5.73. The van der Waals surface area contributed by atoms with E-state index < -0.39 is 12.0 Å². The molecular weight excluding hydrogens is 204 g/mol. The zero-order chi connectivity index (χ0) is 12.3. The largest absolute Gasteiger partial charge is 0.480 e. The number of piperidine rings is 1. The maximum Gasteiger partial charge on any atom is 0.320 e. The fourth-order valence-electron chi connectivity index (χ4n) is 2.76. The molecule has 0 aromatic carbocycles. The van der Waals surface area contributed by atoms with Crippen LogP contribution in [0.25, 0.3) is 0 Å². The molecule has 16 heavy (non-hydrogen) atoms. The van der Waals surface area contributed by atoms with Crippen LogP contribution in [0.4, 0.5) is 0 Å². The smallest absolute Gasteiger partial charge is 0.320 e. The molecule has 4 heteroatoms. The van der Waals surface area contributed by atoms with Gasteiger partial charge in [0.1, 0.15) is 6.04 Å². The summed E-state index contributed by atoms with van der Waals surface area (Å²) in [5.74, 6) is 0.396. The highest BCUT2D eigenvalue weighted by atomic mass is 16.4. The molecule has 1 aliphatic heterocycles. The summed E-state index contributed by atoms with van der Waals surface area (Å²) < 4.78 is 0. The Hall–Kier alpha value is -0.610. The highest BCUT2D eigenvalue weighted by Crippen LogP contribution is 2.29. The minimum atomic E-state index is -0.737. The third kappa shape index (κ3) is 2.95. The van der Waals surface area contributed by atoms with E-state index in [0.29, 0.717) is 30.8 Å². The zero-order valence-corrected chi connectivity index (χ0v) is 10.5. The van der Waals surface area contributed by atoms with Crippen molar-refractivity contribution in [2.24, 2.45) is 17.6 Å². The van der Waals surface area contributed by atoms with Crippen LogP contribution in [0.2, 0.25) is 0 Å². The lowest BCUT2D eigenvalue weighted by Crippen LogP contribution is -2.54. The first-order chi connectivity index (χ1) is 7.47. The van der Waals surface area contributed by atoms with Crippen LogP contribution in [-0.2, 0) is 4.79 Å². The van der Waals surface area contributed by atoms with E-state index in [4.69, 9.17) is 5.73 Å². The van der Waals surface area contributed by atoms with Crippen molar-refractivity contribution >= 4 is 5.97 Å². The summed E-state index contributed by atoms with van der Waals surface area (Å²) in [7, 11) is 0. The summed E-state index contributed by atoms with van der Waals surface area (Å²) in [6.07, 6.45) is 1.73. The van der Waals surface area contributed by atoms with Gasteiger partial charge in [0.15, 0.2) is 0 Å². The molecule has 4 unspecified atom stereocenters. The van der Waals surface area contributed by atoms with Crippen LogP contribution in [0.15, 0.2) is 0 Å². The average molecular weight is 228 g/mol. The van der Waals surface area contributed by atoms with Crippen LogP contribution < -0.4 is 5.73 Å². The fraction of sp³-hybridized carbons (Fsp3) is 0.917. The quantitative estimate of drug-likeness (QED) is 0.757. The van der Waals surface area contributed by atoms with E-state index in [1.54, 1.807) is 0 Å². The van der Waals surface area contributed by atoms with Gasteiger partial charge < -0.3 is 10.8 Å². The Kier molecular flexibility index (Phi) is 4.74. The Morgan fingerprint density at radius 2 is 2.12 bits per heavy atom. The van der Waals surface area contributed by atoms with Gasteiger partial charge in [-0.3, -0.25) is 9.69 Å². The molecule has 0 aliphatic carbocycles. The topological polar surface area (TPSA) is 66.6 Å². The number of hydrogen-bond acceptors (Lipinski definition) is 3. The number of carbonyl (C=O) groups is 1. The van der Waals surface area contributed by atoms with Crippen LogP contribution in [-0.4, -0.2) is 41.1 Å². The third-order valence-electron chi connectivity index (χ3n) is 3.77. The predicted molar refractivity (Wildman–Crippen MR) is 64.2 cm³/mol. The summed E-state index contributed by atoms with van der Waals surface area (Å²) >= 11 is 0. The van der Waals surface area contributed by atoms with E-state index in [-0.39, 0.29) is 0 Å². The standard InChI is InChI=1S/C12H24N2O2/c1-8-6-9(2)10(3)14(7-8)11(4-5-13)12(15)16/h8-11H,4-7,13H2,1-3H3,(H,15,16). The van der Waals surface area contributed by atoms with Gasteiger partial charge in [0, 0.05) is 12.6 Å². The Morgan fingerprint density at radius 3 is 2.62 bits per heavy atom. The van der Waals surface area contributed by atoms with Gasteiger partial charge in [0.25, 0.3) is 0 Å². The van der Waals surface area contributed by atoms with Crippen LogP contribution in [0, 0.1) is 11.8 Å². The monoisotopic (exact) mass is 228 g/mol. The molecule has 0 spiro atoms. The van der Waals surface area contributed by atoms with Gasteiger partial charge in [0.05, 0.1) is 0 Å². The fourth-order valence-corrected chi connectivity index (χ4v) is 2.76. The van der Waals surface area contributed by atoms with Crippen molar-refractivity contribution in [2.45, 2.75) is 45.7 Å². The first-order valence-corrected chi connectivity index (χ1v) is 6.16. The van der Waals surface area contributed by atoms with Gasteiger partial charge in [-0.25, -0.2) is 0 Å². The van der Waals surface area contributed by atoms with Gasteiger partial charge in [0.2, 0.25) is 0 Å². The van der Waals surface area contributed by atoms with Crippen LogP contribution in [0.3, 0.4) is 0 Å². The molecule has 0 bridgehead atoms. The third-order valence-corrected chi connectivity index (χ3v) is 3.77. The van der Waals surface area contributed by atoms with Gasteiger partial charge in [-0.1, -0.05) is 13.8 Å². The lowest BCUT2D eigenvalue weighted by Gasteiger charge is -2.44. The number of carboxylic acid groups (broad SMARTS) is 1. The van der Waals surface area contributed by atoms with Crippen LogP contribution in [0.5, 0.6) is 0 Å². The molecule has 3 N–H and O–H groups in total. The second-order valence-corrected chi connectivity index (χ2v) is 5.19. The summed E-state index contributed by atoms with van der Waals surface area (Å²) in [4.78, 5) is 13.4. The second-order valence-electron chi connectivity index (χ2n) is 5.19. The van der Waals surface area contributed by atoms with E-state index in [1.165, 1.54) is 6.42 Å². The Bertz CT molecular complexity index is 245. The number of nitrogens with zero attached hydrogens (tertiary/aromatic N) is 1. The summed E-state index contributed by atoms with van der Waals surface area (Å²) in [6.45, 7) is 7.83. The minimum Gasteiger partial charge on any atom is -0.480 e. The SMILES string of the molecule is CC1CC(C)C(C)N(C(CCN)C(=O)O)C1. The van der Waals surface area contributed by atoms with Gasteiger partial charge in [-0.15, -0.1) is 0 Å². The van der Waals surface area contributed by atoms with Crippen molar-refractivity contribution in [3.05, 3.63) is 0 Å². The van der Waals surface area contributed by atoms with Gasteiger partial charge in [-0.2, -0.15) is 0 Å². The predicted octanol–water partition coefficient (Wildman–Crippen LogP) is 1.15. The lowest BCUT2D eigenvalue weighted by molar-refractivity contribution is -0.146. The summed E-state index contributed by atoms with van der Waals surface area (Å²) in [5.41, 5.74) is 5.50. The van der Waals surface area contributed by atoms with Crippen molar-refractivity contribution in [1.29, 1.82) is 0 Å². The van der Waals surface area contributed by atoms with Crippen molar-refractivity contribution < 1.29 is 9.90 Å². The molecule has 0 aromatic rings. The second kappa shape index (κ2) is 5.64. The first kappa shape index (κ1) is 13.5. The molecule has 1 aliphatic rings. The molecule has 4 nitrogen and oxygen atoms in total. The molecule has 0 aromatic heterocycles. The average Bonchev–Trinajstić information content (AvgIpc) is 2.20. The minimum absolute atomic E-state index is 0.337. The van der Waals surface area contributed by atoms with Crippen LogP contribution in [0.1, 0.15) is 33.6 Å². The van der Waals surface area contributed by atoms with E-state index in [9.17, 15) is 9.90 Å². The molecule has 4 atom stereocenters. The molecule has 0 radical (unpaired) electrons. The normalized spacial score (nSPS) is 33.6. The van der Waals surface area contributed by atoms with E-state index in [2.05, 4.69) is 25.7 Å². The number of rotatable bonds is 4. The highest BCUT2D eigenvalue weighted by Gasteiger charge is 2.35. The number of nitrogens with two attached hydrogens (primary N) is 1. The zero-order valence-electron chi connectivity index (χ0n) is 10.5. The molecule has 1 heterocycles.